The number of nitrogens with one attached hydrogen (secondary N) is 1. The smallest absolute Gasteiger partial charge is 0.356 e. The Morgan fingerprint density at radius 2 is 2.44 bits per heavy atom. The summed E-state index contributed by atoms with van der Waals surface area (Å²) in [6.07, 6.45) is 1.55. The summed E-state index contributed by atoms with van der Waals surface area (Å²) in [5.74, 6) is 0.167. The molecule has 0 fully saturated rings. The molecule has 16 heavy (non-hydrogen) atoms. The van der Waals surface area contributed by atoms with E-state index in [-0.39, 0.29) is 5.69 Å². The lowest BCUT2D eigenvalue weighted by molar-refractivity contribution is 0.0521. The molecule has 0 spiro atoms. The van der Waals surface area contributed by atoms with Gasteiger partial charge >= 0.3 is 5.97 Å². The minimum Gasteiger partial charge on any atom is -0.463 e. The zero-order valence-electron chi connectivity index (χ0n) is 8.82. The Hall–Kier alpha value is -2.17. The average molecular weight is 220 g/mol. The van der Waals surface area contributed by atoms with Gasteiger partial charge in [-0.05, 0) is 25.1 Å². The maximum absolute atomic E-state index is 11.5. The molecule has 2 aromatic rings. The van der Waals surface area contributed by atoms with Crippen molar-refractivity contribution in [2.75, 3.05) is 12.3 Å². The van der Waals surface area contributed by atoms with Gasteiger partial charge in [-0.25, -0.2) is 4.79 Å². The first-order chi connectivity index (χ1) is 7.72. The average Bonchev–Trinajstić information content (AvgIpc) is 2.86. The van der Waals surface area contributed by atoms with Crippen molar-refractivity contribution in [1.29, 1.82) is 0 Å². The molecule has 2 heterocycles. The van der Waals surface area contributed by atoms with E-state index in [1.807, 2.05) is 0 Å². The van der Waals surface area contributed by atoms with Crippen molar-refractivity contribution in [3.63, 3.8) is 0 Å². The number of hydrogen-bond acceptors (Lipinski definition) is 4. The summed E-state index contributed by atoms with van der Waals surface area (Å²) in [4.78, 5) is 14.4. The fraction of sp³-hybridized carbons (Fsp3) is 0.182. The topological polar surface area (TPSA) is 81.2 Å². The van der Waals surface area contributed by atoms with Gasteiger partial charge in [0, 0.05) is 0 Å². The third-order valence-corrected chi connectivity index (χ3v) is 2.11. The van der Waals surface area contributed by atoms with Crippen LogP contribution in [-0.4, -0.2) is 17.6 Å². The van der Waals surface area contributed by atoms with Gasteiger partial charge < -0.3 is 19.9 Å². The highest BCUT2D eigenvalue weighted by Crippen LogP contribution is 2.24. The number of carbonyl (C=O) groups is 1. The van der Waals surface area contributed by atoms with Gasteiger partial charge in [0.05, 0.1) is 24.3 Å². The SMILES string of the molecule is CCOC(=O)c1[nH]c(-c2ccco2)cc1N. The maximum Gasteiger partial charge on any atom is 0.356 e. The van der Waals surface area contributed by atoms with Gasteiger partial charge in [0.2, 0.25) is 0 Å². The number of furan rings is 1. The molecule has 0 saturated carbocycles. The number of aromatic amines is 1. The van der Waals surface area contributed by atoms with E-state index in [9.17, 15) is 4.79 Å². The van der Waals surface area contributed by atoms with Crippen molar-refractivity contribution in [3.05, 3.63) is 30.2 Å². The summed E-state index contributed by atoms with van der Waals surface area (Å²) < 4.78 is 10.0. The van der Waals surface area contributed by atoms with E-state index in [0.717, 1.165) is 0 Å². The number of rotatable bonds is 3. The van der Waals surface area contributed by atoms with Gasteiger partial charge in [-0.2, -0.15) is 0 Å². The van der Waals surface area contributed by atoms with Gasteiger partial charge in [-0.15, -0.1) is 0 Å². The van der Waals surface area contributed by atoms with Gasteiger partial charge in [-0.1, -0.05) is 0 Å². The molecule has 0 aliphatic rings. The number of nitrogen functional groups attached to an aromatic ring is 1. The zero-order chi connectivity index (χ0) is 11.5. The highest BCUT2D eigenvalue weighted by molar-refractivity contribution is 5.94. The number of nitrogens with two attached hydrogens (primary N) is 1. The molecule has 0 amide bonds. The monoisotopic (exact) mass is 220 g/mol. The van der Waals surface area contributed by atoms with E-state index >= 15 is 0 Å². The molecular formula is C11H12N2O3. The number of H-pyrrole nitrogens is 1. The molecule has 0 saturated heterocycles. The van der Waals surface area contributed by atoms with E-state index in [1.165, 1.54) is 0 Å². The van der Waals surface area contributed by atoms with Gasteiger partial charge in [0.1, 0.15) is 11.5 Å². The molecule has 2 rings (SSSR count). The standard InChI is InChI=1S/C11H12N2O3/c1-2-15-11(14)10-7(12)6-8(13-10)9-4-3-5-16-9/h3-6,13H,2,12H2,1H3. The number of ether oxygens (including phenoxy) is 1. The van der Waals surface area contributed by atoms with E-state index in [0.29, 0.717) is 23.7 Å². The van der Waals surface area contributed by atoms with Crippen LogP contribution >= 0.6 is 0 Å². The summed E-state index contributed by atoms with van der Waals surface area (Å²) in [7, 11) is 0. The number of carbonyl (C=O) groups excluding carboxylic acids is 1. The number of hydrogen-bond donors (Lipinski definition) is 2. The van der Waals surface area contributed by atoms with E-state index in [4.69, 9.17) is 14.9 Å². The van der Waals surface area contributed by atoms with Crippen LogP contribution in [0.5, 0.6) is 0 Å². The molecule has 3 N–H and O–H groups in total. The van der Waals surface area contributed by atoms with Crippen molar-refractivity contribution in [1.82, 2.24) is 4.98 Å². The maximum atomic E-state index is 11.5. The third kappa shape index (κ3) is 1.79. The molecular weight excluding hydrogens is 208 g/mol. The summed E-state index contributed by atoms with van der Waals surface area (Å²) >= 11 is 0. The Morgan fingerprint density at radius 1 is 1.62 bits per heavy atom. The van der Waals surface area contributed by atoms with Crippen molar-refractivity contribution in [3.8, 4) is 11.5 Å². The fourth-order valence-corrected chi connectivity index (χ4v) is 1.41. The molecule has 0 bridgehead atoms. The molecule has 0 aliphatic heterocycles. The normalized spacial score (nSPS) is 10.3. The van der Waals surface area contributed by atoms with Crippen LogP contribution in [0.2, 0.25) is 0 Å². The lowest BCUT2D eigenvalue weighted by Gasteiger charge is -1.99. The van der Waals surface area contributed by atoms with Crippen molar-refractivity contribution >= 4 is 11.7 Å². The number of esters is 1. The molecule has 84 valence electrons. The Labute approximate surface area is 92.2 Å². The highest BCUT2D eigenvalue weighted by Gasteiger charge is 2.16. The van der Waals surface area contributed by atoms with Crippen LogP contribution in [0.4, 0.5) is 5.69 Å². The Bertz CT molecular complexity index is 485. The molecule has 5 nitrogen and oxygen atoms in total. The molecule has 0 atom stereocenters. The number of anilines is 1. The van der Waals surface area contributed by atoms with Crippen LogP contribution in [-0.2, 0) is 4.74 Å². The third-order valence-electron chi connectivity index (χ3n) is 2.11. The Balaban J connectivity index is 2.32. The second-order valence-corrected chi connectivity index (χ2v) is 3.21. The van der Waals surface area contributed by atoms with E-state index in [2.05, 4.69) is 4.98 Å². The minimum absolute atomic E-state index is 0.258. The summed E-state index contributed by atoms with van der Waals surface area (Å²) in [6.45, 7) is 2.05. The predicted octanol–water partition coefficient (Wildman–Crippen LogP) is 2.03. The second kappa shape index (κ2) is 4.14. The van der Waals surface area contributed by atoms with Gasteiger partial charge in [-0.3, -0.25) is 0 Å². The first-order valence-corrected chi connectivity index (χ1v) is 4.92. The van der Waals surface area contributed by atoms with Gasteiger partial charge in [0.25, 0.3) is 0 Å². The van der Waals surface area contributed by atoms with E-state index in [1.54, 1.807) is 31.4 Å². The second-order valence-electron chi connectivity index (χ2n) is 3.21. The zero-order valence-corrected chi connectivity index (χ0v) is 8.82. The Morgan fingerprint density at radius 3 is 3.06 bits per heavy atom. The lowest BCUT2D eigenvalue weighted by Crippen LogP contribution is -2.07. The van der Waals surface area contributed by atoms with Crippen LogP contribution in [0, 0.1) is 0 Å². The van der Waals surface area contributed by atoms with Crippen molar-refractivity contribution in [2.24, 2.45) is 0 Å². The molecule has 0 aromatic carbocycles. The number of aromatic nitrogens is 1. The first-order valence-electron chi connectivity index (χ1n) is 4.92. The van der Waals surface area contributed by atoms with Crippen LogP contribution in [0.15, 0.2) is 28.9 Å². The summed E-state index contributed by atoms with van der Waals surface area (Å²) in [5.41, 5.74) is 6.97. The molecule has 0 unspecified atom stereocenters. The summed E-state index contributed by atoms with van der Waals surface area (Å²) in [5, 5.41) is 0. The summed E-state index contributed by atoms with van der Waals surface area (Å²) in [6, 6.07) is 5.18. The molecule has 0 radical (unpaired) electrons. The molecule has 2 aromatic heterocycles. The highest BCUT2D eigenvalue weighted by atomic mass is 16.5. The van der Waals surface area contributed by atoms with Gasteiger partial charge in [0.15, 0.2) is 0 Å². The Kier molecular flexibility index (Phi) is 2.68. The van der Waals surface area contributed by atoms with Crippen LogP contribution in [0.1, 0.15) is 17.4 Å². The van der Waals surface area contributed by atoms with Crippen molar-refractivity contribution < 1.29 is 13.9 Å². The largest absolute Gasteiger partial charge is 0.463 e. The van der Waals surface area contributed by atoms with Crippen LogP contribution in [0.25, 0.3) is 11.5 Å². The molecule has 0 aliphatic carbocycles. The first kappa shape index (κ1) is 10.4. The fourth-order valence-electron chi connectivity index (χ4n) is 1.41. The van der Waals surface area contributed by atoms with E-state index < -0.39 is 5.97 Å². The van der Waals surface area contributed by atoms with Crippen molar-refractivity contribution in [2.45, 2.75) is 6.92 Å². The quantitative estimate of drug-likeness (QED) is 0.775. The minimum atomic E-state index is -0.460. The van der Waals surface area contributed by atoms with Crippen LogP contribution in [0.3, 0.4) is 0 Å². The lowest BCUT2D eigenvalue weighted by atomic mass is 10.3. The predicted molar refractivity (Wildman–Crippen MR) is 58.9 cm³/mol. The van der Waals surface area contributed by atoms with Crippen LogP contribution < -0.4 is 5.73 Å². The molecule has 5 heteroatoms.